The smallest absolute Gasteiger partial charge is 0.221 e. The van der Waals surface area contributed by atoms with Crippen LogP contribution in [0.2, 0.25) is 0 Å². The maximum Gasteiger partial charge on any atom is 0.221 e. The van der Waals surface area contributed by atoms with Crippen molar-refractivity contribution in [3.05, 3.63) is 0 Å². The zero-order chi connectivity index (χ0) is 13.4. The Labute approximate surface area is 116 Å². The van der Waals surface area contributed by atoms with Crippen LogP contribution in [0, 0.1) is 23.7 Å². The number of fused-ring (bicyclic) bond motifs is 5. The molecule has 3 nitrogen and oxygen atoms in total. The third-order valence-corrected chi connectivity index (χ3v) is 5.68. The lowest BCUT2D eigenvalue weighted by atomic mass is 9.79. The second kappa shape index (κ2) is 5.43. The van der Waals surface area contributed by atoms with E-state index >= 15 is 0 Å². The maximum atomic E-state index is 12.0. The molecular formula is C16H28N2O. The van der Waals surface area contributed by atoms with Crippen LogP contribution in [0.4, 0.5) is 0 Å². The Morgan fingerprint density at radius 2 is 1.95 bits per heavy atom. The first kappa shape index (κ1) is 13.4. The minimum atomic E-state index is 0.250. The molecule has 1 amide bonds. The van der Waals surface area contributed by atoms with Gasteiger partial charge in [0.05, 0.1) is 0 Å². The zero-order valence-electron chi connectivity index (χ0n) is 12.3. The standard InChI is InChI=1S/C16H28N2O/c1-10(2)17-7-6-16(19)18-15-9-11-8-14(15)13-5-3-4-12(11)13/h10-15,17H,3-9H2,1-2H3,(H,18,19). The number of hydrogen-bond acceptors (Lipinski definition) is 2. The van der Waals surface area contributed by atoms with Gasteiger partial charge in [-0.3, -0.25) is 4.79 Å². The molecule has 3 heteroatoms. The van der Waals surface area contributed by atoms with E-state index < -0.39 is 0 Å². The Morgan fingerprint density at radius 3 is 2.74 bits per heavy atom. The summed E-state index contributed by atoms with van der Waals surface area (Å²) in [5.74, 6) is 3.94. The molecule has 0 aromatic rings. The molecule has 5 unspecified atom stereocenters. The molecule has 108 valence electrons. The third-order valence-electron chi connectivity index (χ3n) is 5.68. The minimum Gasteiger partial charge on any atom is -0.353 e. The van der Waals surface area contributed by atoms with Gasteiger partial charge in [0.25, 0.3) is 0 Å². The first-order valence-electron chi connectivity index (χ1n) is 8.18. The van der Waals surface area contributed by atoms with Crippen LogP contribution in [-0.2, 0) is 4.79 Å². The summed E-state index contributed by atoms with van der Waals surface area (Å²) in [7, 11) is 0. The largest absolute Gasteiger partial charge is 0.353 e. The monoisotopic (exact) mass is 264 g/mol. The fourth-order valence-electron chi connectivity index (χ4n) is 4.99. The van der Waals surface area contributed by atoms with Crippen molar-refractivity contribution in [1.82, 2.24) is 10.6 Å². The predicted molar refractivity (Wildman–Crippen MR) is 76.7 cm³/mol. The van der Waals surface area contributed by atoms with Crippen molar-refractivity contribution < 1.29 is 4.79 Å². The van der Waals surface area contributed by atoms with E-state index in [0.29, 0.717) is 18.5 Å². The number of rotatable bonds is 5. The molecule has 0 aromatic heterocycles. The molecule has 3 aliphatic rings. The number of hydrogen-bond donors (Lipinski definition) is 2. The molecule has 0 heterocycles. The Balaban J connectivity index is 1.45. The normalized spacial score (nSPS) is 39.8. The van der Waals surface area contributed by atoms with Crippen molar-refractivity contribution in [3.8, 4) is 0 Å². The number of carbonyl (C=O) groups excluding carboxylic acids is 1. The molecule has 2 bridgehead atoms. The molecule has 3 aliphatic carbocycles. The highest BCUT2D eigenvalue weighted by atomic mass is 16.1. The maximum absolute atomic E-state index is 12.0. The summed E-state index contributed by atoms with van der Waals surface area (Å²) in [5.41, 5.74) is 0. The van der Waals surface area contributed by atoms with Crippen molar-refractivity contribution in [2.45, 2.75) is 64.5 Å². The van der Waals surface area contributed by atoms with Gasteiger partial charge in [0.2, 0.25) is 5.91 Å². The molecule has 3 fully saturated rings. The molecule has 0 radical (unpaired) electrons. The summed E-state index contributed by atoms with van der Waals surface area (Å²) in [5, 5.41) is 6.63. The van der Waals surface area contributed by atoms with Gasteiger partial charge in [0, 0.05) is 25.0 Å². The third kappa shape index (κ3) is 2.67. The van der Waals surface area contributed by atoms with E-state index in [2.05, 4.69) is 24.5 Å². The van der Waals surface area contributed by atoms with Crippen molar-refractivity contribution in [3.63, 3.8) is 0 Å². The Morgan fingerprint density at radius 1 is 1.16 bits per heavy atom. The highest BCUT2D eigenvalue weighted by molar-refractivity contribution is 5.76. The second-order valence-corrected chi connectivity index (χ2v) is 7.19. The fourth-order valence-corrected chi connectivity index (χ4v) is 4.99. The van der Waals surface area contributed by atoms with Crippen molar-refractivity contribution in [2.24, 2.45) is 23.7 Å². The fraction of sp³-hybridized carbons (Fsp3) is 0.938. The lowest BCUT2D eigenvalue weighted by Gasteiger charge is -2.32. The van der Waals surface area contributed by atoms with Crippen LogP contribution in [0.25, 0.3) is 0 Å². The molecule has 0 aliphatic heterocycles. The first-order valence-corrected chi connectivity index (χ1v) is 8.18. The first-order chi connectivity index (χ1) is 9.15. The van der Waals surface area contributed by atoms with Gasteiger partial charge in [-0.1, -0.05) is 20.3 Å². The van der Waals surface area contributed by atoms with Crippen LogP contribution in [-0.4, -0.2) is 24.5 Å². The summed E-state index contributed by atoms with van der Waals surface area (Å²) in [6.45, 7) is 5.04. The van der Waals surface area contributed by atoms with Crippen LogP contribution in [0.3, 0.4) is 0 Å². The summed E-state index contributed by atoms with van der Waals surface area (Å²) >= 11 is 0. The van der Waals surface area contributed by atoms with E-state index in [1.165, 1.54) is 32.1 Å². The molecular weight excluding hydrogens is 236 g/mol. The van der Waals surface area contributed by atoms with Crippen molar-refractivity contribution in [1.29, 1.82) is 0 Å². The second-order valence-electron chi connectivity index (χ2n) is 7.19. The highest BCUT2D eigenvalue weighted by Gasteiger charge is 2.53. The zero-order valence-corrected chi connectivity index (χ0v) is 12.3. The van der Waals surface area contributed by atoms with Gasteiger partial charge in [-0.05, 0) is 49.4 Å². The predicted octanol–water partition coefficient (Wildman–Crippen LogP) is 2.32. The van der Waals surface area contributed by atoms with Gasteiger partial charge < -0.3 is 10.6 Å². The number of nitrogens with one attached hydrogen (secondary N) is 2. The van der Waals surface area contributed by atoms with E-state index in [0.717, 1.165) is 30.2 Å². The van der Waals surface area contributed by atoms with E-state index in [4.69, 9.17) is 0 Å². The Hall–Kier alpha value is -0.570. The van der Waals surface area contributed by atoms with Gasteiger partial charge in [0.15, 0.2) is 0 Å². The molecule has 0 spiro atoms. The summed E-state index contributed by atoms with van der Waals surface area (Å²) in [4.78, 5) is 12.0. The molecule has 0 aromatic carbocycles. The Kier molecular flexibility index (Phi) is 3.84. The van der Waals surface area contributed by atoms with Gasteiger partial charge in [-0.15, -0.1) is 0 Å². The SMILES string of the molecule is CC(C)NCCC(=O)NC1CC2CC1C1CCCC21. The van der Waals surface area contributed by atoms with Crippen LogP contribution < -0.4 is 10.6 Å². The van der Waals surface area contributed by atoms with Crippen LogP contribution in [0.15, 0.2) is 0 Å². The molecule has 0 saturated heterocycles. The van der Waals surface area contributed by atoms with Gasteiger partial charge in [-0.2, -0.15) is 0 Å². The average molecular weight is 264 g/mol. The molecule has 19 heavy (non-hydrogen) atoms. The van der Waals surface area contributed by atoms with Crippen molar-refractivity contribution in [2.75, 3.05) is 6.54 Å². The molecule has 5 atom stereocenters. The van der Waals surface area contributed by atoms with Gasteiger partial charge in [-0.25, -0.2) is 0 Å². The number of carbonyl (C=O) groups is 1. The van der Waals surface area contributed by atoms with E-state index in [-0.39, 0.29) is 5.91 Å². The van der Waals surface area contributed by atoms with E-state index in [1.807, 2.05) is 0 Å². The van der Waals surface area contributed by atoms with Crippen LogP contribution in [0.1, 0.15) is 52.4 Å². The average Bonchev–Trinajstić information content (AvgIpc) is 2.98. The molecule has 3 saturated carbocycles. The lowest BCUT2D eigenvalue weighted by Crippen LogP contribution is -2.43. The molecule has 2 N–H and O–H groups in total. The highest BCUT2D eigenvalue weighted by Crippen LogP contribution is 2.58. The molecule has 3 rings (SSSR count). The van der Waals surface area contributed by atoms with E-state index in [1.54, 1.807) is 0 Å². The quantitative estimate of drug-likeness (QED) is 0.800. The Bertz CT molecular complexity index is 342. The van der Waals surface area contributed by atoms with Gasteiger partial charge in [0.1, 0.15) is 0 Å². The summed E-state index contributed by atoms with van der Waals surface area (Å²) < 4.78 is 0. The van der Waals surface area contributed by atoms with E-state index in [9.17, 15) is 4.79 Å². The summed E-state index contributed by atoms with van der Waals surface area (Å²) in [6, 6.07) is 0.963. The van der Waals surface area contributed by atoms with Gasteiger partial charge >= 0.3 is 0 Å². The topological polar surface area (TPSA) is 41.1 Å². The minimum absolute atomic E-state index is 0.250. The lowest BCUT2D eigenvalue weighted by molar-refractivity contribution is -0.122. The van der Waals surface area contributed by atoms with Crippen LogP contribution >= 0.6 is 0 Å². The summed E-state index contributed by atoms with van der Waals surface area (Å²) in [6.07, 6.45) is 7.60. The van der Waals surface area contributed by atoms with Crippen molar-refractivity contribution >= 4 is 5.91 Å². The van der Waals surface area contributed by atoms with Crippen LogP contribution in [0.5, 0.6) is 0 Å². The number of amides is 1.